The number of hydrogen-bond acceptors (Lipinski definition) is 5. The lowest BCUT2D eigenvalue weighted by molar-refractivity contribution is -0.132. The van der Waals surface area contributed by atoms with E-state index in [0.29, 0.717) is 13.0 Å². The van der Waals surface area contributed by atoms with Crippen LogP contribution in [0.2, 0.25) is 0 Å². The van der Waals surface area contributed by atoms with Gasteiger partial charge < -0.3 is 14.4 Å². The molecule has 25 heavy (non-hydrogen) atoms. The molecule has 1 atom stereocenters. The summed E-state index contributed by atoms with van der Waals surface area (Å²) in [6, 6.07) is 0.0620. The number of aromatic nitrogens is 4. The van der Waals surface area contributed by atoms with E-state index >= 15 is 0 Å². The largest absolute Gasteiger partial charge is 0.337 e. The second-order valence-corrected chi connectivity index (χ2v) is 6.86. The Morgan fingerprint density at radius 3 is 2.96 bits per heavy atom. The van der Waals surface area contributed by atoms with Gasteiger partial charge >= 0.3 is 0 Å². The lowest BCUT2D eigenvalue weighted by atomic mass is 10.1. The van der Waals surface area contributed by atoms with E-state index in [1.54, 1.807) is 12.5 Å². The standard InChI is InChI=1S/C18H26N6O/c1-14-20-11-15(12-22(2)3)18(21-14)16-5-4-8-24(16)17(25)6-9-23-10-7-19-13-23/h7,10-11,13,16H,4-6,8-9,12H2,1-3H3. The quantitative estimate of drug-likeness (QED) is 0.801. The van der Waals surface area contributed by atoms with Gasteiger partial charge in [0.2, 0.25) is 5.91 Å². The van der Waals surface area contributed by atoms with E-state index in [1.165, 1.54) is 0 Å². The molecule has 1 amide bonds. The molecule has 0 aliphatic carbocycles. The van der Waals surface area contributed by atoms with Crippen LogP contribution >= 0.6 is 0 Å². The molecule has 2 aromatic heterocycles. The van der Waals surface area contributed by atoms with E-state index in [4.69, 9.17) is 4.98 Å². The van der Waals surface area contributed by atoms with Crippen molar-refractivity contribution in [3.05, 3.63) is 42.0 Å². The normalized spacial score (nSPS) is 17.4. The van der Waals surface area contributed by atoms with Gasteiger partial charge in [-0.05, 0) is 33.9 Å². The van der Waals surface area contributed by atoms with Gasteiger partial charge in [0.25, 0.3) is 0 Å². The molecule has 134 valence electrons. The molecule has 0 saturated carbocycles. The van der Waals surface area contributed by atoms with Crippen molar-refractivity contribution in [3.8, 4) is 0 Å². The fourth-order valence-electron chi connectivity index (χ4n) is 3.40. The van der Waals surface area contributed by atoms with Crippen molar-refractivity contribution >= 4 is 5.91 Å². The van der Waals surface area contributed by atoms with Crippen LogP contribution in [0, 0.1) is 6.92 Å². The van der Waals surface area contributed by atoms with Crippen molar-refractivity contribution in [1.82, 2.24) is 29.3 Å². The molecule has 1 fully saturated rings. The lowest BCUT2D eigenvalue weighted by Gasteiger charge is -2.27. The summed E-state index contributed by atoms with van der Waals surface area (Å²) in [7, 11) is 4.07. The van der Waals surface area contributed by atoms with E-state index < -0.39 is 0 Å². The lowest BCUT2D eigenvalue weighted by Crippen LogP contribution is -2.32. The molecular weight excluding hydrogens is 316 g/mol. The van der Waals surface area contributed by atoms with Crippen LogP contribution in [-0.2, 0) is 17.9 Å². The summed E-state index contributed by atoms with van der Waals surface area (Å²) in [5, 5.41) is 0. The third-order valence-corrected chi connectivity index (χ3v) is 4.54. The smallest absolute Gasteiger partial charge is 0.224 e. The highest BCUT2D eigenvalue weighted by atomic mass is 16.2. The van der Waals surface area contributed by atoms with Crippen molar-refractivity contribution in [2.75, 3.05) is 20.6 Å². The topological polar surface area (TPSA) is 67.2 Å². The summed E-state index contributed by atoms with van der Waals surface area (Å²) in [5.41, 5.74) is 2.12. The average molecular weight is 342 g/mol. The van der Waals surface area contributed by atoms with Gasteiger partial charge in [0, 0.05) is 50.2 Å². The molecule has 0 spiro atoms. The zero-order chi connectivity index (χ0) is 17.8. The summed E-state index contributed by atoms with van der Waals surface area (Å²) in [5.74, 6) is 0.943. The molecule has 2 aromatic rings. The Labute approximate surface area is 148 Å². The van der Waals surface area contributed by atoms with Gasteiger partial charge in [-0.2, -0.15) is 0 Å². The second-order valence-electron chi connectivity index (χ2n) is 6.86. The molecule has 0 aromatic carbocycles. The predicted molar refractivity (Wildman–Crippen MR) is 94.7 cm³/mol. The van der Waals surface area contributed by atoms with Gasteiger partial charge in [-0.3, -0.25) is 4.79 Å². The zero-order valence-electron chi connectivity index (χ0n) is 15.2. The highest BCUT2D eigenvalue weighted by Crippen LogP contribution is 2.33. The molecule has 3 heterocycles. The number of carbonyl (C=O) groups is 1. The minimum absolute atomic E-state index is 0.0620. The fourth-order valence-corrected chi connectivity index (χ4v) is 3.40. The Bertz CT molecular complexity index is 712. The molecule has 7 nitrogen and oxygen atoms in total. The zero-order valence-corrected chi connectivity index (χ0v) is 15.2. The van der Waals surface area contributed by atoms with Gasteiger partial charge in [0.1, 0.15) is 5.82 Å². The predicted octanol–water partition coefficient (Wildman–Crippen LogP) is 1.80. The van der Waals surface area contributed by atoms with Crippen LogP contribution in [0.5, 0.6) is 0 Å². The number of rotatable bonds is 6. The summed E-state index contributed by atoms with van der Waals surface area (Å²) >= 11 is 0. The van der Waals surface area contributed by atoms with Crippen molar-refractivity contribution in [2.45, 2.75) is 45.3 Å². The van der Waals surface area contributed by atoms with Crippen LogP contribution in [0.15, 0.2) is 24.9 Å². The van der Waals surface area contributed by atoms with Gasteiger partial charge in [0.05, 0.1) is 18.1 Å². The second kappa shape index (κ2) is 7.74. The maximum atomic E-state index is 12.8. The number of imidazole rings is 1. The molecular formula is C18H26N6O. The van der Waals surface area contributed by atoms with Crippen LogP contribution in [0.1, 0.15) is 42.4 Å². The summed E-state index contributed by atoms with van der Waals surface area (Å²) in [6.45, 7) is 4.15. The summed E-state index contributed by atoms with van der Waals surface area (Å²) in [6.07, 6.45) is 9.75. The van der Waals surface area contributed by atoms with Crippen LogP contribution in [-0.4, -0.2) is 55.9 Å². The highest BCUT2D eigenvalue weighted by Gasteiger charge is 2.32. The minimum atomic E-state index is 0.0620. The Kier molecular flexibility index (Phi) is 5.43. The molecule has 7 heteroatoms. The number of hydrogen-bond donors (Lipinski definition) is 0. The molecule has 0 bridgehead atoms. The Balaban J connectivity index is 1.76. The molecule has 1 saturated heterocycles. The van der Waals surface area contributed by atoms with Crippen molar-refractivity contribution < 1.29 is 4.79 Å². The Morgan fingerprint density at radius 2 is 2.24 bits per heavy atom. The average Bonchev–Trinajstić information content (AvgIpc) is 3.25. The van der Waals surface area contributed by atoms with Crippen LogP contribution in [0.4, 0.5) is 0 Å². The van der Waals surface area contributed by atoms with Crippen LogP contribution in [0.25, 0.3) is 0 Å². The number of nitrogens with zero attached hydrogens (tertiary/aromatic N) is 6. The SMILES string of the molecule is Cc1ncc(CN(C)C)c(C2CCCN2C(=O)CCn2ccnc2)n1. The molecule has 0 N–H and O–H groups in total. The van der Waals surface area contributed by atoms with Crippen molar-refractivity contribution in [3.63, 3.8) is 0 Å². The highest BCUT2D eigenvalue weighted by molar-refractivity contribution is 5.77. The number of likely N-dealkylation sites (tertiary alicyclic amines) is 1. The molecule has 1 aliphatic rings. The molecule has 3 rings (SSSR count). The van der Waals surface area contributed by atoms with Crippen molar-refractivity contribution in [2.24, 2.45) is 0 Å². The first-order valence-corrected chi connectivity index (χ1v) is 8.77. The molecule has 1 unspecified atom stereocenters. The van der Waals surface area contributed by atoms with E-state index in [2.05, 4.69) is 14.9 Å². The first-order valence-electron chi connectivity index (χ1n) is 8.77. The number of aryl methyl sites for hydroxylation is 2. The van der Waals surface area contributed by atoms with Gasteiger partial charge in [0.15, 0.2) is 0 Å². The number of carbonyl (C=O) groups excluding carboxylic acids is 1. The third-order valence-electron chi connectivity index (χ3n) is 4.54. The first-order chi connectivity index (χ1) is 12.0. The van der Waals surface area contributed by atoms with Crippen LogP contribution in [0.3, 0.4) is 0 Å². The fraction of sp³-hybridized carbons (Fsp3) is 0.556. The van der Waals surface area contributed by atoms with E-state index in [9.17, 15) is 4.79 Å². The van der Waals surface area contributed by atoms with Gasteiger partial charge in [-0.1, -0.05) is 0 Å². The van der Waals surface area contributed by atoms with Crippen molar-refractivity contribution in [1.29, 1.82) is 0 Å². The minimum Gasteiger partial charge on any atom is -0.337 e. The Hall–Kier alpha value is -2.28. The third kappa shape index (κ3) is 4.22. The van der Waals surface area contributed by atoms with E-state index in [-0.39, 0.29) is 11.9 Å². The summed E-state index contributed by atoms with van der Waals surface area (Å²) in [4.78, 5) is 30.0. The Morgan fingerprint density at radius 1 is 1.40 bits per heavy atom. The maximum absolute atomic E-state index is 12.8. The number of amides is 1. The molecule has 1 aliphatic heterocycles. The van der Waals surface area contributed by atoms with E-state index in [1.807, 2.05) is 42.9 Å². The van der Waals surface area contributed by atoms with Gasteiger partial charge in [-0.15, -0.1) is 0 Å². The molecule has 0 radical (unpaired) electrons. The van der Waals surface area contributed by atoms with Crippen LogP contribution < -0.4 is 0 Å². The van der Waals surface area contributed by atoms with E-state index in [0.717, 1.165) is 43.0 Å². The monoisotopic (exact) mass is 342 g/mol. The summed E-state index contributed by atoms with van der Waals surface area (Å²) < 4.78 is 1.94. The maximum Gasteiger partial charge on any atom is 0.224 e. The first kappa shape index (κ1) is 17.5. The van der Waals surface area contributed by atoms with Gasteiger partial charge in [-0.25, -0.2) is 15.0 Å².